The molecule has 4 nitrogen and oxygen atoms in total. The molecule has 0 saturated carbocycles. The first-order valence-electron chi connectivity index (χ1n) is 4.96. The van der Waals surface area contributed by atoms with Crippen LogP contribution < -0.4 is 0 Å². The average Bonchev–Trinajstić information content (AvgIpc) is 2.02. The summed E-state index contributed by atoms with van der Waals surface area (Å²) in [4.78, 5) is 10.6. The Bertz CT molecular complexity index is 191. The second-order valence-corrected chi connectivity index (χ2v) is 4.02. The van der Waals surface area contributed by atoms with E-state index in [-0.39, 0.29) is 5.92 Å². The molecule has 0 spiro atoms. The molecule has 0 saturated heterocycles. The minimum absolute atomic E-state index is 0.278. The largest absolute Gasteiger partial charge is 0.481 e. The predicted molar refractivity (Wildman–Crippen MR) is 53.0 cm³/mol. The number of rotatable bonds is 6. The number of carbonyl (C=O) groups is 1. The standard InChI is InChI=1S/C10H20O4/c1-4-5-8(11)10(14,7(2)3)6-9(12)13/h7-8,11,14H,4-6H2,1-3H3,(H,12,13). The van der Waals surface area contributed by atoms with Crippen molar-refractivity contribution in [2.75, 3.05) is 0 Å². The zero-order valence-electron chi connectivity index (χ0n) is 9.03. The van der Waals surface area contributed by atoms with Crippen LogP contribution in [0, 0.1) is 5.92 Å². The number of aliphatic hydroxyl groups is 2. The van der Waals surface area contributed by atoms with E-state index in [1.54, 1.807) is 13.8 Å². The molecule has 0 aromatic heterocycles. The summed E-state index contributed by atoms with van der Waals surface area (Å²) < 4.78 is 0. The Morgan fingerprint density at radius 3 is 2.21 bits per heavy atom. The average molecular weight is 204 g/mol. The van der Waals surface area contributed by atoms with Crippen LogP contribution in [0.3, 0.4) is 0 Å². The van der Waals surface area contributed by atoms with Crippen LogP contribution in [0.2, 0.25) is 0 Å². The third-order valence-electron chi connectivity index (χ3n) is 2.57. The number of aliphatic hydroxyl groups excluding tert-OH is 1. The van der Waals surface area contributed by atoms with E-state index in [1.165, 1.54) is 0 Å². The summed E-state index contributed by atoms with van der Waals surface area (Å²) in [6.45, 7) is 5.30. The van der Waals surface area contributed by atoms with Crippen LogP contribution in [0.25, 0.3) is 0 Å². The molecule has 0 radical (unpaired) electrons. The van der Waals surface area contributed by atoms with Crippen molar-refractivity contribution in [3.05, 3.63) is 0 Å². The van der Waals surface area contributed by atoms with E-state index in [4.69, 9.17) is 5.11 Å². The summed E-state index contributed by atoms with van der Waals surface area (Å²) in [6.07, 6.45) is -0.243. The highest BCUT2D eigenvalue weighted by Crippen LogP contribution is 2.27. The van der Waals surface area contributed by atoms with Crippen LogP contribution in [0.5, 0.6) is 0 Å². The molecular weight excluding hydrogens is 184 g/mol. The highest BCUT2D eigenvalue weighted by molar-refractivity contribution is 5.68. The summed E-state index contributed by atoms with van der Waals surface area (Å²) in [7, 11) is 0. The van der Waals surface area contributed by atoms with Gasteiger partial charge in [0, 0.05) is 0 Å². The van der Waals surface area contributed by atoms with Gasteiger partial charge in [-0.05, 0) is 12.3 Å². The molecule has 0 bridgehead atoms. The minimum atomic E-state index is -1.51. The number of carboxylic acids is 1. The molecule has 4 heteroatoms. The molecule has 0 aliphatic rings. The second-order valence-electron chi connectivity index (χ2n) is 4.02. The predicted octanol–water partition coefficient (Wildman–Crippen LogP) is 1.01. The molecule has 2 unspecified atom stereocenters. The minimum Gasteiger partial charge on any atom is -0.481 e. The molecule has 3 N–H and O–H groups in total. The van der Waals surface area contributed by atoms with E-state index < -0.39 is 24.1 Å². The number of aliphatic carboxylic acids is 1. The lowest BCUT2D eigenvalue weighted by atomic mass is 9.80. The van der Waals surface area contributed by atoms with E-state index in [1.807, 2.05) is 6.92 Å². The lowest BCUT2D eigenvalue weighted by molar-refractivity contribution is -0.156. The van der Waals surface area contributed by atoms with Gasteiger partial charge in [0.25, 0.3) is 0 Å². The van der Waals surface area contributed by atoms with Crippen molar-refractivity contribution >= 4 is 5.97 Å². The van der Waals surface area contributed by atoms with Gasteiger partial charge in [-0.2, -0.15) is 0 Å². The molecule has 0 amide bonds. The molecule has 0 rings (SSSR count). The molecule has 0 aromatic rings. The lowest BCUT2D eigenvalue weighted by Crippen LogP contribution is -2.48. The fraction of sp³-hybridized carbons (Fsp3) is 0.900. The van der Waals surface area contributed by atoms with Crippen molar-refractivity contribution < 1.29 is 20.1 Å². The summed E-state index contributed by atoms with van der Waals surface area (Å²) in [5, 5.41) is 28.3. The van der Waals surface area contributed by atoms with Crippen molar-refractivity contribution in [1.29, 1.82) is 0 Å². The maximum Gasteiger partial charge on any atom is 0.306 e. The van der Waals surface area contributed by atoms with Gasteiger partial charge in [0.15, 0.2) is 0 Å². The molecule has 0 aliphatic heterocycles. The lowest BCUT2D eigenvalue weighted by Gasteiger charge is -2.35. The number of hydrogen-bond acceptors (Lipinski definition) is 3. The third kappa shape index (κ3) is 3.27. The summed E-state index contributed by atoms with van der Waals surface area (Å²) in [5.74, 6) is -1.36. The first-order valence-corrected chi connectivity index (χ1v) is 4.96. The van der Waals surface area contributed by atoms with Crippen LogP contribution in [-0.2, 0) is 4.79 Å². The van der Waals surface area contributed by atoms with Crippen molar-refractivity contribution in [1.82, 2.24) is 0 Å². The Hall–Kier alpha value is -0.610. The Morgan fingerprint density at radius 1 is 1.43 bits per heavy atom. The maximum atomic E-state index is 10.6. The van der Waals surface area contributed by atoms with Gasteiger partial charge in [0.05, 0.1) is 12.5 Å². The Labute approximate surface area is 84.6 Å². The van der Waals surface area contributed by atoms with Gasteiger partial charge in [0.2, 0.25) is 0 Å². The summed E-state index contributed by atoms with van der Waals surface area (Å²) in [5.41, 5.74) is -1.51. The monoisotopic (exact) mass is 204 g/mol. The van der Waals surface area contributed by atoms with Gasteiger partial charge in [-0.25, -0.2) is 0 Å². The third-order valence-corrected chi connectivity index (χ3v) is 2.57. The molecular formula is C10H20O4. The second kappa shape index (κ2) is 5.32. The van der Waals surface area contributed by atoms with Crippen molar-refractivity contribution in [2.24, 2.45) is 5.92 Å². The fourth-order valence-electron chi connectivity index (χ4n) is 1.47. The summed E-state index contributed by atoms with van der Waals surface area (Å²) >= 11 is 0. The Morgan fingerprint density at radius 2 is 1.93 bits per heavy atom. The SMILES string of the molecule is CCCC(O)C(O)(CC(=O)O)C(C)C. The molecule has 0 fully saturated rings. The van der Waals surface area contributed by atoms with E-state index in [0.717, 1.165) is 6.42 Å². The number of hydrogen-bond donors (Lipinski definition) is 3. The van der Waals surface area contributed by atoms with Gasteiger partial charge >= 0.3 is 5.97 Å². The van der Waals surface area contributed by atoms with Crippen LogP contribution in [-0.4, -0.2) is 33.0 Å². The van der Waals surface area contributed by atoms with Crippen molar-refractivity contribution in [3.8, 4) is 0 Å². The summed E-state index contributed by atoms with van der Waals surface area (Å²) in [6, 6.07) is 0. The Balaban J connectivity index is 4.61. The first kappa shape index (κ1) is 13.4. The molecule has 14 heavy (non-hydrogen) atoms. The first-order chi connectivity index (χ1) is 6.34. The zero-order valence-corrected chi connectivity index (χ0v) is 9.03. The highest BCUT2D eigenvalue weighted by atomic mass is 16.4. The van der Waals surface area contributed by atoms with Crippen molar-refractivity contribution in [3.63, 3.8) is 0 Å². The van der Waals surface area contributed by atoms with E-state index >= 15 is 0 Å². The molecule has 2 atom stereocenters. The molecule has 0 aliphatic carbocycles. The quantitative estimate of drug-likeness (QED) is 0.603. The van der Waals surface area contributed by atoms with Gasteiger partial charge in [0.1, 0.15) is 5.60 Å². The highest BCUT2D eigenvalue weighted by Gasteiger charge is 2.40. The van der Waals surface area contributed by atoms with Gasteiger partial charge in [-0.3, -0.25) is 4.79 Å². The zero-order chi connectivity index (χ0) is 11.4. The van der Waals surface area contributed by atoms with Gasteiger partial charge in [-0.1, -0.05) is 27.2 Å². The smallest absolute Gasteiger partial charge is 0.306 e. The van der Waals surface area contributed by atoms with Crippen molar-refractivity contribution in [2.45, 2.75) is 51.7 Å². The van der Waals surface area contributed by atoms with E-state index in [2.05, 4.69) is 0 Å². The normalized spacial score (nSPS) is 17.9. The molecule has 84 valence electrons. The van der Waals surface area contributed by atoms with Gasteiger partial charge in [-0.15, -0.1) is 0 Å². The van der Waals surface area contributed by atoms with Crippen LogP contribution in [0.15, 0.2) is 0 Å². The van der Waals surface area contributed by atoms with E-state index in [0.29, 0.717) is 6.42 Å². The topological polar surface area (TPSA) is 77.8 Å². The molecule has 0 heterocycles. The fourth-order valence-corrected chi connectivity index (χ4v) is 1.47. The van der Waals surface area contributed by atoms with Gasteiger partial charge < -0.3 is 15.3 Å². The van der Waals surface area contributed by atoms with Crippen LogP contribution >= 0.6 is 0 Å². The van der Waals surface area contributed by atoms with E-state index in [9.17, 15) is 15.0 Å². The van der Waals surface area contributed by atoms with Crippen LogP contribution in [0.4, 0.5) is 0 Å². The molecule has 0 aromatic carbocycles. The Kier molecular flexibility index (Phi) is 5.08. The van der Waals surface area contributed by atoms with Crippen LogP contribution in [0.1, 0.15) is 40.0 Å². The number of carboxylic acid groups (broad SMARTS) is 1. The maximum absolute atomic E-state index is 10.6.